The minimum Gasteiger partial charge on any atom is -0.353 e. The van der Waals surface area contributed by atoms with Crippen LogP contribution in [0.25, 0.3) is 11.4 Å². The lowest BCUT2D eigenvalue weighted by atomic mass is 9.91. The van der Waals surface area contributed by atoms with E-state index in [0.717, 1.165) is 44.3 Å². The van der Waals surface area contributed by atoms with Crippen molar-refractivity contribution in [3.8, 4) is 11.4 Å². The summed E-state index contributed by atoms with van der Waals surface area (Å²) >= 11 is 0. The molecule has 2 aromatic rings. The Hall–Kier alpha value is -2.80. The van der Waals surface area contributed by atoms with Crippen LogP contribution in [0.2, 0.25) is 0 Å². The summed E-state index contributed by atoms with van der Waals surface area (Å²) in [5.74, 6) is 0.0238. The van der Waals surface area contributed by atoms with Crippen molar-refractivity contribution in [2.24, 2.45) is 0 Å². The van der Waals surface area contributed by atoms with Crippen LogP contribution in [-0.2, 0) is 4.79 Å². The summed E-state index contributed by atoms with van der Waals surface area (Å²) in [6.07, 6.45) is 8.26. The Bertz CT molecular complexity index is 804. The third kappa shape index (κ3) is 6.35. The van der Waals surface area contributed by atoms with Gasteiger partial charge >= 0.3 is 0 Å². The highest BCUT2D eigenvalue weighted by Crippen LogP contribution is 2.20. The van der Waals surface area contributed by atoms with Crippen molar-refractivity contribution in [1.82, 2.24) is 25.9 Å². The van der Waals surface area contributed by atoms with Gasteiger partial charge in [0.1, 0.15) is 0 Å². The fourth-order valence-electron chi connectivity index (χ4n) is 3.60. The Balaban J connectivity index is 1.47. The molecule has 0 bridgehead atoms. The van der Waals surface area contributed by atoms with Gasteiger partial charge in [0.05, 0.1) is 11.4 Å². The highest BCUT2D eigenvalue weighted by molar-refractivity contribution is 5.95. The molecule has 2 amide bonds. The first-order valence-electron chi connectivity index (χ1n) is 10.3. The quantitative estimate of drug-likeness (QED) is 0.596. The Labute approximate surface area is 171 Å². The SMILES string of the molecule is CNCCCC(=O)NC1CCC(NC(=O)c2ccnc(-c3ccccn3)c2)CC1. The second-order valence-electron chi connectivity index (χ2n) is 7.44. The largest absolute Gasteiger partial charge is 0.353 e. The number of hydrogen-bond acceptors (Lipinski definition) is 5. The molecule has 7 nitrogen and oxygen atoms in total. The third-order valence-corrected chi connectivity index (χ3v) is 5.21. The van der Waals surface area contributed by atoms with Gasteiger partial charge in [-0.05, 0) is 70.0 Å². The molecule has 0 spiro atoms. The maximum atomic E-state index is 12.7. The maximum Gasteiger partial charge on any atom is 0.251 e. The highest BCUT2D eigenvalue weighted by Gasteiger charge is 2.24. The molecule has 0 aromatic carbocycles. The Morgan fingerprint density at radius 1 is 0.966 bits per heavy atom. The third-order valence-electron chi connectivity index (χ3n) is 5.21. The molecule has 0 unspecified atom stereocenters. The van der Waals surface area contributed by atoms with Crippen LogP contribution in [0, 0.1) is 0 Å². The molecule has 29 heavy (non-hydrogen) atoms. The predicted molar refractivity (Wildman–Crippen MR) is 112 cm³/mol. The van der Waals surface area contributed by atoms with Crippen LogP contribution in [-0.4, -0.2) is 47.5 Å². The zero-order chi connectivity index (χ0) is 20.5. The first-order valence-corrected chi connectivity index (χ1v) is 10.3. The zero-order valence-electron chi connectivity index (χ0n) is 16.9. The number of pyridine rings is 2. The van der Waals surface area contributed by atoms with Gasteiger partial charge in [0.25, 0.3) is 5.91 Å². The smallest absolute Gasteiger partial charge is 0.251 e. The van der Waals surface area contributed by atoms with Crippen molar-refractivity contribution in [3.05, 3.63) is 48.3 Å². The minimum atomic E-state index is -0.0934. The molecule has 7 heteroatoms. The molecule has 0 aliphatic heterocycles. The van der Waals surface area contributed by atoms with Crippen LogP contribution in [0.5, 0.6) is 0 Å². The van der Waals surface area contributed by atoms with E-state index in [1.165, 1.54) is 0 Å². The monoisotopic (exact) mass is 395 g/mol. The molecule has 1 saturated carbocycles. The number of carbonyl (C=O) groups excluding carboxylic acids is 2. The normalized spacial score (nSPS) is 18.8. The molecule has 1 aliphatic carbocycles. The van der Waals surface area contributed by atoms with Gasteiger partial charge < -0.3 is 16.0 Å². The summed E-state index contributed by atoms with van der Waals surface area (Å²) in [6, 6.07) is 9.45. The summed E-state index contributed by atoms with van der Waals surface area (Å²) in [5.41, 5.74) is 2.01. The van der Waals surface area contributed by atoms with E-state index in [2.05, 4.69) is 25.9 Å². The van der Waals surface area contributed by atoms with Gasteiger partial charge in [-0.3, -0.25) is 19.6 Å². The molecule has 154 valence electrons. The van der Waals surface area contributed by atoms with Crippen molar-refractivity contribution < 1.29 is 9.59 Å². The summed E-state index contributed by atoms with van der Waals surface area (Å²) in [6.45, 7) is 0.850. The number of nitrogens with one attached hydrogen (secondary N) is 3. The predicted octanol–water partition coefficient (Wildman–Crippen LogP) is 2.30. The second-order valence-corrected chi connectivity index (χ2v) is 7.44. The fraction of sp³-hybridized carbons (Fsp3) is 0.455. The van der Waals surface area contributed by atoms with Crippen LogP contribution in [0.15, 0.2) is 42.7 Å². The van der Waals surface area contributed by atoms with Gasteiger partial charge in [-0.15, -0.1) is 0 Å². The number of carbonyl (C=O) groups is 2. The first kappa shape index (κ1) is 20.9. The molecule has 1 aliphatic rings. The van der Waals surface area contributed by atoms with E-state index in [9.17, 15) is 9.59 Å². The van der Waals surface area contributed by atoms with Gasteiger partial charge in [0, 0.05) is 36.5 Å². The zero-order valence-corrected chi connectivity index (χ0v) is 16.9. The summed E-state index contributed by atoms with van der Waals surface area (Å²) < 4.78 is 0. The number of amides is 2. The molecular weight excluding hydrogens is 366 g/mol. The number of rotatable bonds is 8. The van der Waals surface area contributed by atoms with Crippen molar-refractivity contribution in [2.45, 2.75) is 50.6 Å². The average molecular weight is 396 g/mol. The molecule has 0 radical (unpaired) electrons. The fourth-order valence-corrected chi connectivity index (χ4v) is 3.60. The van der Waals surface area contributed by atoms with Crippen LogP contribution in [0.3, 0.4) is 0 Å². The van der Waals surface area contributed by atoms with E-state index in [4.69, 9.17) is 0 Å². The molecule has 0 saturated heterocycles. The van der Waals surface area contributed by atoms with E-state index in [-0.39, 0.29) is 23.9 Å². The van der Waals surface area contributed by atoms with Crippen molar-refractivity contribution in [1.29, 1.82) is 0 Å². The van der Waals surface area contributed by atoms with Gasteiger partial charge in [0.15, 0.2) is 0 Å². The highest BCUT2D eigenvalue weighted by atomic mass is 16.2. The Morgan fingerprint density at radius 3 is 2.38 bits per heavy atom. The topological polar surface area (TPSA) is 96.0 Å². The summed E-state index contributed by atoms with van der Waals surface area (Å²) in [4.78, 5) is 33.2. The summed E-state index contributed by atoms with van der Waals surface area (Å²) in [7, 11) is 1.89. The standard InChI is InChI=1S/C22H29N5O2/c1-23-12-4-6-21(28)26-17-7-9-18(10-8-17)27-22(29)16-11-14-25-20(15-16)19-5-2-3-13-24-19/h2-3,5,11,13-15,17-18,23H,4,6-10,12H2,1H3,(H,26,28)(H,27,29). The van der Waals surface area contributed by atoms with Crippen molar-refractivity contribution >= 4 is 11.8 Å². The lowest BCUT2D eigenvalue weighted by molar-refractivity contribution is -0.122. The molecule has 3 N–H and O–H groups in total. The molecule has 1 fully saturated rings. The van der Waals surface area contributed by atoms with Crippen molar-refractivity contribution in [2.75, 3.05) is 13.6 Å². The maximum absolute atomic E-state index is 12.7. The van der Waals surface area contributed by atoms with Crippen LogP contribution in [0.4, 0.5) is 0 Å². The minimum absolute atomic E-state index is 0.0934. The number of nitrogens with zero attached hydrogens (tertiary/aromatic N) is 2. The van der Waals surface area contributed by atoms with E-state index in [1.807, 2.05) is 25.2 Å². The number of aromatic nitrogens is 2. The van der Waals surface area contributed by atoms with E-state index < -0.39 is 0 Å². The molecule has 2 heterocycles. The van der Waals surface area contributed by atoms with Gasteiger partial charge in [-0.1, -0.05) is 6.07 Å². The van der Waals surface area contributed by atoms with Gasteiger partial charge in [-0.2, -0.15) is 0 Å². The van der Waals surface area contributed by atoms with E-state index in [1.54, 1.807) is 24.5 Å². The Kier molecular flexibility index (Phi) is 7.69. The van der Waals surface area contributed by atoms with Gasteiger partial charge in [0.2, 0.25) is 5.91 Å². The van der Waals surface area contributed by atoms with Crippen LogP contribution >= 0.6 is 0 Å². The van der Waals surface area contributed by atoms with Crippen LogP contribution < -0.4 is 16.0 Å². The van der Waals surface area contributed by atoms with Crippen LogP contribution in [0.1, 0.15) is 48.9 Å². The molecule has 0 atom stereocenters. The first-order chi connectivity index (χ1) is 14.2. The van der Waals surface area contributed by atoms with Crippen molar-refractivity contribution in [3.63, 3.8) is 0 Å². The lowest BCUT2D eigenvalue weighted by Gasteiger charge is -2.29. The molecule has 2 aromatic heterocycles. The van der Waals surface area contributed by atoms with Gasteiger partial charge in [-0.25, -0.2) is 0 Å². The molecular formula is C22H29N5O2. The lowest BCUT2D eigenvalue weighted by Crippen LogP contribution is -2.43. The Morgan fingerprint density at radius 2 is 1.69 bits per heavy atom. The van der Waals surface area contributed by atoms with E-state index in [0.29, 0.717) is 17.7 Å². The molecule has 3 rings (SSSR count). The number of hydrogen-bond donors (Lipinski definition) is 3. The summed E-state index contributed by atoms with van der Waals surface area (Å²) in [5, 5.41) is 9.29. The van der Waals surface area contributed by atoms with E-state index >= 15 is 0 Å². The second kappa shape index (κ2) is 10.7. The average Bonchev–Trinajstić information content (AvgIpc) is 2.76.